The summed E-state index contributed by atoms with van der Waals surface area (Å²) in [5.74, 6) is 1.22. The molecule has 1 aromatic carbocycles. The molecule has 1 N–H and O–H groups in total. The van der Waals surface area contributed by atoms with Gasteiger partial charge in [0.15, 0.2) is 0 Å². The Labute approximate surface area is 144 Å². The Bertz CT molecular complexity index is 710. The molecule has 0 saturated heterocycles. The predicted octanol–water partition coefficient (Wildman–Crippen LogP) is 4.09. The zero-order valence-corrected chi connectivity index (χ0v) is 14.9. The Morgan fingerprint density at radius 2 is 2.04 bits per heavy atom. The van der Waals surface area contributed by atoms with E-state index in [-0.39, 0.29) is 0 Å². The molecule has 2 aromatic rings. The van der Waals surface area contributed by atoms with Gasteiger partial charge in [-0.05, 0) is 63.8 Å². The van der Waals surface area contributed by atoms with Gasteiger partial charge in [-0.3, -0.25) is 9.88 Å². The maximum atomic E-state index is 10.3. The molecule has 0 radical (unpaired) electrons. The third-order valence-electron chi connectivity index (χ3n) is 4.58. The Balaban J connectivity index is 1.86. The van der Waals surface area contributed by atoms with Crippen LogP contribution in [-0.2, 0) is 6.54 Å². The highest BCUT2D eigenvalue weighted by Gasteiger charge is 2.24. The fraction of sp³-hybridized carbons (Fsp3) is 0.500. The number of rotatable bonds is 7. The summed E-state index contributed by atoms with van der Waals surface area (Å²) in [6, 6.07) is 5.79. The van der Waals surface area contributed by atoms with Crippen LogP contribution in [0.5, 0.6) is 5.75 Å². The second kappa shape index (κ2) is 7.31. The predicted molar refractivity (Wildman–Crippen MR) is 96.9 cm³/mol. The molecular weight excluding hydrogens is 298 g/mol. The van der Waals surface area contributed by atoms with Gasteiger partial charge in [0.05, 0.1) is 17.1 Å². The fourth-order valence-corrected chi connectivity index (χ4v) is 3.13. The number of nitrogens with zero attached hydrogens (tertiary/aromatic N) is 3. The van der Waals surface area contributed by atoms with E-state index < -0.39 is 0 Å². The van der Waals surface area contributed by atoms with E-state index in [1.54, 1.807) is 12.3 Å². The molecule has 3 rings (SSSR count). The minimum atomic E-state index is 0.369. The van der Waals surface area contributed by atoms with Crippen molar-refractivity contribution >= 4 is 0 Å². The van der Waals surface area contributed by atoms with Crippen molar-refractivity contribution in [3.05, 3.63) is 41.3 Å². The summed E-state index contributed by atoms with van der Waals surface area (Å²) in [5.41, 5.74) is 4.73. The fourth-order valence-electron chi connectivity index (χ4n) is 3.13. The molecule has 1 aromatic heterocycles. The highest BCUT2D eigenvalue weighted by Crippen LogP contribution is 2.32. The second-order valence-electron chi connectivity index (χ2n) is 6.97. The van der Waals surface area contributed by atoms with Crippen molar-refractivity contribution in [2.45, 2.75) is 46.6 Å². The molecule has 0 bridgehead atoms. The number of aromatic hydroxyl groups is 1. The number of aromatic nitrogens is 2. The van der Waals surface area contributed by atoms with Crippen LogP contribution in [-0.4, -0.2) is 33.1 Å². The first-order chi connectivity index (χ1) is 11.6. The van der Waals surface area contributed by atoms with Gasteiger partial charge in [0.1, 0.15) is 5.75 Å². The number of phenols is 1. The number of hydrogen-bond donors (Lipinski definition) is 1. The van der Waals surface area contributed by atoms with Crippen molar-refractivity contribution in [2.75, 3.05) is 13.1 Å². The summed E-state index contributed by atoms with van der Waals surface area (Å²) in [5, 5.41) is 10.3. The minimum absolute atomic E-state index is 0.369. The van der Waals surface area contributed by atoms with E-state index in [0.29, 0.717) is 5.75 Å². The Kier molecular flexibility index (Phi) is 5.14. The number of hydrogen-bond acceptors (Lipinski definition) is 4. The van der Waals surface area contributed by atoms with Crippen LogP contribution >= 0.6 is 0 Å². The molecule has 1 aliphatic rings. The molecule has 128 valence electrons. The first-order valence-corrected chi connectivity index (χ1v) is 8.91. The van der Waals surface area contributed by atoms with E-state index in [9.17, 15) is 5.11 Å². The van der Waals surface area contributed by atoms with Crippen molar-refractivity contribution in [1.29, 1.82) is 0 Å². The topological polar surface area (TPSA) is 49.2 Å². The van der Waals surface area contributed by atoms with Crippen molar-refractivity contribution in [2.24, 2.45) is 5.92 Å². The molecule has 0 amide bonds. The third kappa shape index (κ3) is 4.12. The van der Waals surface area contributed by atoms with Gasteiger partial charge >= 0.3 is 0 Å². The van der Waals surface area contributed by atoms with Gasteiger partial charge in [-0.25, -0.2) is 4.98 Å². The van der Waals surface area contributed by atoms with Crippen molar-refractivity contribution in [1.82, 2.24) is 14.9 Å². The van der Waals surface area contributed by atoms with Crippen LogP contribution < -0.4 is 0 Å². The first kappa shape index (κ1) is 16.9. The Morgan fingerprint density at radius 3 is 2.75 bits per heavy atom. The van der Waals surface area contributed by atoms with Gasteiger partial charge < -0.3 is 5.11 Å². The lowest BCUT2D eigenvalue weighted by Crippen LogP contribution is -2.26. The summed E-state index contributed by atoms with van der Waals surface area (Å²) in [7, 11) is 0. The third-order valence-corrected chi connectivity index (χ3v) is 4.58. The molecule has 1 heterocycles. The largest absolute Gasteiger partial charge is 0.508 e. The summed E-state index contributed by atoms with van der Waals surface area (Å²) in [6.45, 7) is 9.15. The average Bonchev–Trinajstić information content (AvgIpc) is 3.36. The number of benzene rings is 1. The summed E-state index contributed by atoms with van der Waals surface area (Å²) in [6.07, 6.45) is 5.63. The highest BCUT2D eigenvalue weighted by atomic mass is 16.3. The Hall–Kier alpha value is -1.94. The van der Waals surface area contributed by atoms with Gasteiger partial charge in [0, 0.05) is 30.4 Å². The molecule has 0 unspecified atom stereocenters. The second-order valence-corrected chi connectivity index (χ2v) is 6.97. The molecule has 24 heavy (non-hydrogen) atoms. The maximum Gasteiger partial charge on any atom is 0.120 e. The van der Waals surface area contributed by atoms with Gasteiger partial charge in [0.2, 0.25) is 0 Å². The lowest BCUT2D eigenvalue weighted by atomic mass is 10.0. The van der Waals surface area contributed by atoms with Crippen molar-refractivity contribution in [3.8, 4) is 17.0 Å². The number of aryl methyl sites for hydroxylation is 2. The molecule has 4 heteroatoms. The lowest BCUT2D eigenvalue weighted by molar-refractivity contribution is 0.252. The molecule has 0 spiro atoms. The van der Waals surface area contributed by atoms with Crippen LogP contribution in [0.4, 0.5) is 0 Å². The van der Waals surface area contributed by atoms with E-state index in [1.165, 1.54) is 12.8 Å². The van der Waals surface area contributed by atoms with E-state index in [0.717, 1.165) is 60.2 Å². The van der Waals surface area contributed by atoms with Crippen LogP contribution in [0.3, 0.4) is 0 Å². The zero-order valence-electron chi connectivity index (χ0n) is 14.9. The van der Waals surface area contributed by atoms with Crippen molar-refractivity contribution in [3.63, 3.8) is 0 Å². The molecule has 1 aliphatic carbocycles. The van der Waals surface area contributed by atoms with Gasteiger partial charge in [0.25, 0.3) is 0 Å². The van der Waals surface area contributed by atoms with Crippen LogP contribution in [0.25, 0.3) is 11.3 Å². The summed E-state index contributed by atoms with van der Waals surface area (Å²) in [4.78, 5) is 11.5. The number of phenolic OH excluding ortho intramolecular Hbond substituents is 1. The van der Waals surface area contributed by atoms with Crippen LogP contribution in [0.1, 0.15) is 43.1 Å². The highest BCUT2D eigenvalue weighted by molar-refractivity contribution is 5.64. The summed E-state index contributed by atoms with van der Waals surface area (Å²) >= 11 is 0. The quantitative estimate of drug-likeness (QED) is 0.833. The van der Waals surface area contributed by atoms with Gasteiger partial charge in [-0.15, -0.1) is 0 Å². The van der Waals surface area contributed by atoms with E-state index in [1.807, 2.05) is 19.9 Å². The monoisotopic (exact) mass is 325 g/mol. The zero-order chi connectivity index (χ0) is 17.1. The molecule has 1 saturated carbocycles. The lowest BCUT2D eigenvalue weighted by Gasteiger charge is -2.22. The smallest absolute Gasteiger partial charge is 0.120 e. The molecule has 1 fully saturated rings. The molecule has 0 aliphatic heterocycles. The van der Waals surface area contributed by atoms with Gasteiger partial charge in [-0.2, -0.15) is 0 Å². The molecular formula is C20H27N3O. The van der Waals surface area contributed by atoms with E-state index in [4.69, 9.17) is 0 Å². The first-order valence-electron chi connectivity index (χ1n) is 8.91. The van der Waals surface area contributed by atoms with E-state index in [2.05, 4.69) is 27.9 Å². The average molecular weight is 325 g/mol. The van der Waals surface area contributed by atoms with Crippen LogP contribution in [0.15, 0.2) is 24.4 Å². The maximum absolute atomic E-state index is 10.3. The summed E-state index contributed by atoms with van der Waals surface area (Å²) < 4.78 is 0. The van der Waals surface area contributed by atoms with Gasteiger partial charge in [-0.1, -0.05) is 6.92 Å². The normalized spacial score (nSPS) is 14.3. The van der Waals surface area contributed by atoms with Crippen molar-refractivity contribution < 1.29 is 5.11 Å². The Morgan fingerprint density at radius 1 is 1.25 bits per heavy atom. The molecule has 0 atom stereocenters. The molecule has 4 nitrogen and oxygen atoms in total. The van der Waals surface area contributed by atoms with Crippen LogP contribution in [0, 0.1) is 19.8 Å². The SMILES string of the molecule is CCCN(Cc1cc(-c2nc(C)cnc2C)ccc1O)CC1CC1. The minimum Gasteiger partial charge on any atom is -0.508 e. The van der Waals surface area contributed by atoms with E-state index >= 15 is 0 Å². The van der Waals surface area contributed by atoms with Crippen LogP contribution in [0.2, 0.25) is 0 Å². The standard InChI is InChI=1S/C20H27N3O/c1-4-9-23(12-16-5-6-16)13-18-10-17(7-8-19(18)24)20-15(3)21-11-14(2)22-20/h7-8,10-11,16,24H,4-6,9,12-13H2,1-3H3.